The van der Waals surface area contributed by atoms with Crippen molar-refractivity contribution in [2.75, 3.05) is 20.2 Å². The third kappa shape index (κ3) is 7.41. The molecule has 2 N–H and O–H groups in total. The molecule has 0 atom stereocenters. The number of para-hydroxylation sites is 1. The van der Waals surface area contributed by atoms with Gasteiger partial charge >= 0.3 is 0 Å². The molecule has 8 nitrogen and oxygen atoms in total. The summed E-state index contributed by atoms with van der Waals surface area (Å²) < 4.78 is 37.9. The molecule has 1 amide bonds. The van der Waals surface area contributed by atoms with Crippen LogP contribution in [-0.2, 0) is 21.4 Å². The summed E-state index contributed by atoms with van der Waals surface area (Å²) in [6, 6.07) is 13.4. The number of aromatic nitrogens is 1. The number of methoxy groups -OCH3 is 1. The number of hydrogen-bond donors (Lipinski definition) is 2. The number of aryl methyl sites for hydroxylation is 1. The van der Waals surface area contributed by atoms with E-state index in [0.717, 1.165) is 16.3 Å². The highest BCUT2D eigenvalue weighted by Crippen LogP contribution is 2.21. The lowest BCUT2D eigenvalue weighted by Crippen LogP contribution is -2.34. The summed E-state index contributed by atoms with van der Waals surface area (Å²) in [5.41, 5.74) is 1.60. The Morgan fingerprint density at radius 1 is 1.12 bits per heavy atom. The number of sulfonamides is 1. The van der Waals surface area contributed by atoms with Crippen molar-refractivity contribution in [3.05, 3.63) is 76.3 Å². The standard InChI is InChI=1S/C23H25N3O5S2/c1-17-26-19(16-32-17)15-31-22-6-4-3-5-18(22)7-12-23(27)24-13-14-25-33(28,29)21-10-8-20(30-2)9-11-21/h3-12,16,25H,13-15H2,1-2H3,(H,24,27)/b12-7+. The second-order valence-electron chi connectivity index (χ2n) is 6.88. The molecule has 0 radical (unpaired) electrons. The summed E-state index contributed by atoms with van der Waals surface area (Å²) >= 11 is 1.56. The van der Waals surface area contributed by atoms with Crippen LogP contribution in [0.3, 0.4) is 0 Å². The maximum Gasteiger partial charge on any atom is 0.244 e. The van der Waals surface area contributed by atoms with Gasteiger partial charge in [0.2, 0.25) is 15.9 Å². The van der Waals surface area contributed by atoms with Crippen LogP contribution in [0, 0.1) is 6.92 Å². The molecule has 0 bridgehead atoms. The van der Waals surface area contributed by atoms with Gasteiger partial charge in [0.1, 0.15) is 18.1 Å². The van der Waals surface area contributed by atoms with Crippen LogP contribution in [0.5, 0.6) is 11.5 Å². The predicted molar refractivity (Wildman–Crippen MR) is 128 cm³/mol. The molecular formula is C23H25N3O5S2. The van der Waals surface area contributed by atoms with Gasteiger partial charge in [0.25, 0.3) is 0 Å². The number of nitrogens with zero attached hydrogens (tertiary/aromatic N) is 1. The van der Waals surface area contributed by atoms with E-state index in [1.165, 1.54) is 25.3 Å². The van der Waals surface area contributed by atoms with E-state index in [2.05, 4.69) is 15.0 Å². The van der Waals surface area contributed by atoms with Crippen molar-refractivity contribution in [1.29, 1.82) is 0 Å². The van der Waals surface area contributed by atoms with Gasteiger partial charge in [-0.3, -0.25) is 4.79 Å². The third-order valence-electron chi connectivity index (χ3n) is 4.46. The minimum Gasteiger partial charge on any atom is -0.497 e. The van der Waals surface area contributed by atoms with Gasteiger partial charge < -0.3 is 14.8 Å². The van der Waals surface area contributed by atoms with Gasteiger partial charge in [-0.25, -0.2) is 18.1 Å². The molecule has 2 aromatic carbocycles. The lowest BCUT2D eigenvalue weighted by molar-refractivity contribution is -0.116. The first-order valence-corrected chi connectivity index (χ1v) is 12.5. The van der Waals surface area contributed by atoms with Crippen LogP contribution < -0.4 is 19.5 Å². The number of carbonyl (C=O) groups excluding carboxylic acids is 1. The van der Waals surface area contributed by atoms with E-state index in [1.54, 1.807) is 29.5 Å². The van der Waals surface area contributed by atoms with E-state index >= 15 is 0 Å². The van der Waals surface area contributed by atoms with Crippen LogP contribution in [0.4, 0.5) is 0 Å². The molecule has 0 saturated heterocycles. The lowest BCUT2D eigenvalue weighted by atomic mass is 10.2. The molecule has 33 heavy (non-hydrogen) atoms. The molecule has 0 saturated carbocycles. The van der Waals surface area contributed by atoms with Crippen LogP contribution in [0.1, 0.15) is 16.3 Å². The highest BCUT2D eigenvalue weighted by atomic mass is 32.2. The number of nitrogens with one attached hydrogen (secondary N) is 2. The van der Waals surface area contributed by atoms with Gasteiger partial charge in [0, 0.05) is 30.1 Å². The zero-order valence-electron chi connectivity index (χ0n) is 18.3. The van der Waals surface area contributed by atoms with Crippen molar-refractivity contribution in [3.8, 4) is 11.5 Å². The Morgan fingerprint density at radius 3 is 2.58 bits per heavy atom. The Morgan fingerprint density at radius 2 is 1.88 bits per heavy atom. The van der Waals surface area contributed by atoms with Crippen molar-refractivity contribution >= 4 is 33.3 Å². The van der Waals surface area contributed by atoms with E-state index in [1.807, 2.05) is 36.6 Å². The molecule has 0 spiro atoms. The first kappa shape index (κ1) is 24.4. The van der Waals surface area contributed by atoms with Crippen LogP contribution in [-0.4, -0.2) is 39.5 Å². The Bertz CT molecular complexity index is 1200. The van der Waals surface area contributed by atoms with Gasteiger partial charge in [-0.2, -0.15) is 0 Å². The van der Waals surface area contributed by atoms with E-state index in [0.29, 0.717) is 18.1 Å². The molecule has 0 aliphatic rings. The number of benzene rings is 2. The summed E-state index contributed by atoms with van der Waals surface area (Å²) in [5.74, 6) is 0.862. The first-order valence-electron chi connectivity index (χ1n) is 10.1. The smallest absolute Gasteiger partial charge is 0.244 e. The number of rotatable bonds is 11. The molecule has 174 valence electrons. The van der Waals surface area contributed by atoms with E-state index in [4.69, 9.17) is 9.47 Å². The van der Waals surface area contributed by atoms with Crippen molar-refractivity contribution in [2.24, 2.45) is 0 Å². The van der Waals surface area contributed by atoms with Gasteiger partial charge in [0.15, 0.2) is 0 Å². The van der Waals surface area contributed by atoms with E-state index in [-0.39, 0.29) is 23.9 Å². The number of thiazole rings is 1. The van der Waals surface area contributed by atoms with Gasteiger partial charge in [0.05, 0.1) is 22.7 Å². The van der Waals surface area contributed by atoms with Crippen molar-refractivity contribution < 1.29 is 22.7 Å². The van der Waals surface area contributed by atoms with Crippen LogP contribution in [0.15, 0.2) is 64.9 Å². The average Bonchev–Trinajstić information content (AvgIpc) is 3.24. The number of hydrogen-bond acceptors (Lipinski definition) is 7. The summed E-state index contributed by atoms with van der Waals surface area (Å²) in [4.78, 5) is 16.6. The van der Waals surface area contributed by atoms with Gasteiger partial charge in [-0.05, 0) is 43.3 Å². The van der Waals surface area contributed by atoms with Crippen LogP contribution in [0.2, 0.25) is 0 Å². The molecule has 1 aromatic heterocycles. The molecule has 1 heterocycles. The minimum atomic E-state index is -3.67. The normalized spacial score (nSPS) is 11.5. The quantitative estimate of drug-likeness (QED) is 0.318. The van der Waals surface area contributed by atoms with Crippen molar-refractivity contribution in [2.45, 2.75) is 18.4 Å². The Labute approximate surface area is 197 Å². The van der Waals surface area contributed by atoms with E-state index < -0.39 is 10.0 Å². The summed E-state index contributed by atoms with van der Waals surface area (Å²) in [6.07, 6.45) is 3.03. The zero-order valence-corrected chi connectivity index (χ0v) is 19.9. The second kappa shape index (κ2) is 11.6. The zero-order chi connectivity index (χ0) is 23.7. The van der Waals surface area contributed by atoms with Gasteiger partial charge in [-0.1, -0.05) is 18.2 Å². The topological polar surface area (TPSA) is 107 Å². The van der Waals surface area contributed by atoms with Gasteiger partial charge in [-0.15, -0.1) is 11.3 Å². The molecule has 10 heteroatoms. The highest BCUT2D eigenvalue weighted by molar-refractivity contribution is 7.89. The molecule has 0 fully saturated rings. The van der Waals surface area contributed by atoms with Crippen molar-refractivity contribution in [3.63, 3.8) is 0 Å². The molecule has 3 aromatic rings. The summed E-state index contributed by atoms with van der Waals surface area (Å²) in [7, 11) is -2.16. The third-order valence-corrected chi connectivity index (χ3v) is 6.76. The van der Waals surface area contributed by atoms with Crippen LogP contribution in [0.25, 0.3) is 6.08 Å². The number of carbonyl (C=O) groups is 1. The Kier molecular flexibility index (Phi) is 8.58. The van der Waals surface area contributed by atoms with Crippen LogP contribution >= 0.6 is 11.3 Å². The first-order chi connectivity index (χ1) is 15.9. The van der Waals surface area contributed by atoms with E-state index in [9.17, 15) is 13.2 Å². The van der Waals surface area contributed by atoms with Crippen molar-refractivity contribution in [1.82, 2.24) is 15.0 Å². The lowest BCUT2D eigenvalue weighted by Gasteiger charge is -2.08. The molecular weight excluding hydrogens is 462 g/mol. The molecule has 0 unspecified atom stereocenters. The minimum absolute atomic E-state index is 0.0562. The Balaban J connectivity index is 1.47. The fourth-order valence-electron chi connectivity index (χ4n) is 2.81. The monoisotopic (exact) mass is 487 g/mol. The largest absolute Gasteiger partial charge is 0.497 e. The molecule has 3 rings (SSSR count). The molecule has 0 aliphatic carbocycles. The maximum atomic E-state index is 12.3. The molecule has 0 aliphatic heterocycles. The summed E-state index contributed by atoms with van der Waals surface area (Å²) in [5, 5.41) is 5.58. The second-order valence-corrected chi connectivity index (χ2v) is 9.71. The SMILES string of the molecule is COc1ccc(S(=O)(=O)NCCNC(=O)/C=C/c2ccccc2OCc2csc(C)n2)cc1. The maximum absolute atomic E-state index is 12.3. The summed E-state index contributed by atoms with van der Waals surface area (Å²) in [6.45, 7) is 2.48. The average molecular weight is 488 g/mol. The number of ether oxygens (including phenoxy) is 2. The fraction of sp³-hybridized carbons (Fsp3) is 0.217. The predicted octanol–water partition coefficient (Wildman–Crippen LogP) is 3.15. The fourth-order valence-corrected chi connectivity index (χ4v) is 4.44. The Hall–Kier alpha value is -3.21. The number of amides is 1. The highest BCUT2D eigenvalue weighted by Gasteiger charge is 2.13.